The summed E-state index contributed by atoms with van der Waals surface area (Å²) in [6.07, 6.45) is 4.61. The Morgan fingerprint density at radius 2 is 2.46 bits per heavy atom. The van der Waals surface area contributed by atoms with E-state index in [-0.39, 0.29) is 0 Å². The van der Waals surface area contributed by atoms with Gasteiger partial charge in [-0.2, -0.15) is 0 Å². The van der Waals surface area contributed by atoms with Crippen molar-refractivity contribution in [2.75, 3.05) is 19.8 Å². The minimum absolute atomic E-state index is 0.345. The molecule has 0 aromatic heterocycles. The molecule has 1 aliphatic rings. The minimum Gasteiger partial charge on any atom is -0.379 e. The van der Waals surface area contributed by atoms with Gasteiger partial charge in [-0.1, -0.05) is 6.92 Å². The van der Waals surface area contributed by atoms with E-state index in [1.54, 1.807) is 0 Å². The summed E-state index contributed by atoms with van der Waals surface area (Å²) in [6.45, 7) is 4.59. The third-order valence-corrected chi connectivity index (χ3v) is 2.49. The molecule has 0 saturated carbocycles. The normalized spacial score (nSPS) is 24.9. The third-order valence-electron chi connectivity index (χ3n) is 2.49. The van der Waals surface area contributed by atoms with Gasteiger partial charge in [-0.3, -0.25) is 0 Å². The Hall–Kier alpha value is -0.120. The third kappa shape index (κ3) is 4.60. The van der Waals surface area contributed by atoms with E-state index in [2.05, 4.69) is 6.92 Å². The molecule has 0 spiro atoms. The molecule has 1 aliphatic heterocycles. The SMILES string of the molecule is CCC(N)CCCOC1CCOC1. The molecule has 3 nitrogen and oxygen atoms in total. The quantitative estimate of drug-likeness (QED) is 0.638. The molecule has 3 heteroatoms. The molecule has 2 N–H and O–H groups in total. The largest absolute Gasteiger partial charge is 0.379 e. The van der Waals surface area contributed by atoms with Crippen molar-refractivity contribution in [3.63, 3.8) is 0 Å². The highest BCUT2D eigenvalue weighted by Gasteiger charge is 2.15. The minimum atomic E-state index is 0.345. The van der Waals surface area contributed by atoms with Crippen LogP contribution in [0, 0.1) is 0 Å². The van der Waals surface area contributed by atoms with E-state index in [1.807, 2.05) is 0 Å². The van der Waals surface area contributed by atoms with Gasteiger partial charge in [0.25, 0.3) is 0 Å². The van der Waals surface area contributed by atoms with Crippen LogP contribution in [0.5, 0.6) is 0 Å². The van der Waals surface area contributed by atoms with Crippen molar-refractivity contribution in [3.8, 4) is 0 Å². The van der Waals surface area contributed by atoms with Gasteiger partial charge < -0.3 is 15.2 Å². The standard InChI is InChI=1S/C10H21NO2/c1-2-9(11)4-3-6-13-10-5-7-12-8-10/h9-10H,2-8,11H2,1H3. The molecule has 13 heavy (non-hydrogen) atoms. The Morgan fingerprint density at radius 1 is 1.62 bits per heavy atom. The Kier molecular flexibility index (Phi) is 5.35. The smallest absolute Gasteiger partial charge is 0.0830 e. The van der Waals surface area contributed by atoms with E-state index in [1.165, 1.54) is 0 Å². The van der Waals surface area contributed by atoms with Gasteiger partial charge in [-0.25, -0.2) is 0 Å². The van der Waals surface area contributed by atoms with Gasteiger partial charge in [0.2, 0.25) is 0 Å². The highest BCUT2D eigenvalue weighted by atomic mass is 16.5. The number of hydrogen-bond acceptors (Lipinski definition) is 3. The van der Waals surface area contributed by atoms with Crippen LogP contribution in [0.2, 0.25) is 0 Å². The van der Waals surface area contributed by atoms with Gasteiger partial charge >= 0.3 is 0 Å². The first kappa shape index (κ1) is 11.0. The molecule has 78 valence electrons. The van der Waals surface area contributed by atoms with Crippen molar-refractivity contribution in [1.82, 2.24) is 0 Å². The molecule has 1 saturated heterocycles. The number of hydrogen-bond donors (Lipinski definition) is 1. The molecule has 2 atom stereocenters. The van der Waals surface area contributed by atoms with Crippen molar-refractivity contribution in [2.45, 2.75) is 44.8 Å². The second-order valence-corrected chi connectivity index (χ2v) is 3.67. The van der Waals surface area contributed by atoms with E-state index in [4.69, 9.17) is 15.2 Å². The second kappa shape index (κ2) is 6.35. The first-order valence-electron chi connectivity index (χ1n) is 5.28. The summed E-state index contributed by atoms with van der Waals surface area (Å²) in [5, 5.41) is 0. The van der Waals surface area contributed by atoms with E-state index < -0.39 is 0 Å². The fraction of sp³-hybridized carbons (Fsp3) is 1.00. The zero-order valence-electron chi connectivity index (χ0n) is 8.50. The molecular weight excluding hydrogens is 166 g/mol. The Bertz CT molecular complexity index is 124. The Labute approximate surface area is 80.6 Å². The number of nitrogens with two attached hydrogens (primary N) is 1. The van der Waals surface area contributed by atoms with Crippen molar-refractivity contribution in [3.05, 3.63) is 0 Å². The van der Waals surface area contributed by atoms with Gasteiger partial charge in [0.05, 0.1) is 12.7 Å². The number of ether oxygens (including phenoxy) is 2. The van der Waals surface area contributed by atoms with Crippen LogP contribution in [0.1, 0.15) is 32.6 Å². The Morgan fingerprint density at radius 3 is 3.08 bits per heavy atom. The fourth-order valence-corrected chi connectivity index (χ4v) is 1.44. The monoisotopic (exact) mass is 187 g/mol. The average Bonchev–Trinajstić information content (AvgIpc) is 2.64. The van der Waals surface area contributed by atoms with Crippen LogP contribution in [0.15, 0.2) is 0 Å². The first-order valence-corrected chi connectivity index (χ1v) is 5.28. The van der Waals surface area contributed by atoms with E-state index in [0.717, 1.165) is 45.5 Å². The lowest BCUT2D eigenvalue weighted by molar-refractivity contribution is 0.0401. The second-order valence-electron chi connectivity index (χ2n) is 3.67. The molecule has 0 bridgehead atoms. The molecule has 1 rings (SSSR count). The van der Waals surface area contributed by atoms with Crippen LogP contribution in [0.4, 0.5) is 0 Å². The van der Waals surface area contributed by atoms with Gasteiger partial charge in [-0.05, 0) is 25.7 Å². The van der Waals surface area contributed by atoms with Gasteiger partial charge in [0.1, 0.15) is 0 Å². The summed E-state index contributed by atoms with van der Waals surface area (Å²) >= 11 is 0. The molecular formula is C10H21NO2. The van der Waals surface area contributed by atoms with Crippen molar-refractivity contribution in [2.24, 2.45) is 5.73 Å². The van der Waals surface area contributed by atoms with Gasteiger partial charge in [0, 0.05) is 19.3 Å². The highest BCUT2D eigenvalue weighted by molar-refractivity contribution is 4.63. The number of rotatable bonds is 6. The molecule has 0 aromatic rings. The maximum atomic E-state index is 5.79. The summed E-state index contributed by atoms with van der Waals surface area (Å²) in [6, 6.07) is 0.350. The first-order chi connectivity index (χ1) is 6.33. The van der Waals surface area contributed by atoms with Crippen molar-refractivity contribution < 1.29 is 9.47 Å². The van der Waals surface area contributed by atoms with Crippen molar-refractivity contribution in [1.29, 1.82) is 0 Å². The maximum absolute atomic E-state index is 5.79. The summed E-state index contributed by atoms with van der Waals surface area (Å²) < 4.78 is 10.8. The van der Waals surface area contributed by atoms with E-state index in [9.17, 15) is 0 Å². The summed E-state index contributed by atoms with van der Waals surface area (Å²) in [4.78, 5) is 0. The van der Waals surface area contributed by atoms with E-state index >= 15 is 0 Å². The van der Waals surface area contributed by atoms with Crippen LogP contribution < -0.4 is 5.73 Å². The zero-order chi connectivity index (χ0) is 9.52. The topological polar surface area (TPSA) is 44.5 Å². The molecule has 0 aromatic carbocycles. The zero-order valence-corrected chi connectivity index (χ0v) is 8.50. The van der Waals surface area contributed by atoms with Crippen molar-refractivity contribution >= 4 is 0 Å². The van der Waals surface area contributed by atoms with Crippen LogP contribution in [0.25, 0.3) is 0 Å². The predicted octanol–water partition coefficient (Wildman–Crippen LogP) is 1.31. The van der Waals surface area contributed by atoms with Gasteiger partial charge in [0.15, 0.2) is 0 Å². The summed E-state index contributed by atoms with van der Waals surface area (Å²) in [7, 11) is 0. The molecule has 0 aliphatic carbocycles. The lowest BCUT2D eigenvalue weighted by atomic mass is 10.1. The molecule has 1 heterocycles. The highest BCUT2D eigenvalue weighted by Crippen LogP contribution is 2.09. The molecule has 0 radical (unpaired) electrons. The lowest BCUT2D eigenvalue weighted by Gasteiger charge is -2.11. The summed E-state index contributed by atoms with van der Waals surface area (Å²) in [5.41, 5.74) is 5.79. The van der Waals surface area contributed by atoms with E-state index in [0.29, 0.717) is 12.1 Å². The lowest BCUT2D eigenvalue weighted by Crippen LogP contribution is -2.20. The maximum Gasteiger partial charge on any atom is 0.0830 e. The Balaban J connectivity index is 1.88. The van der Waals surface area contributed by atoms with Crippen LogP contribution in [-0.2, 0) is 9.47 Å². The average molecular weight is 187 g/mol. The predicted molar refractivity (Wildman–Crippen MR) is 52.7 cm³/mol. The van der Waals surface area contributed by atoms with Crippen LogP contribution in [-0.4, -0.2) is 32.0 Å². The summed E-state index contributed by atoms with van der Waals surface area (Å²) in [5.74, 6) is 0. The molecule has 1 fully saturated rings. The van der Waals surface area contributed by atoms with Gasteiger partial charge in [-0.15, -0.1) is 0 Å². The molecule has 0 amide bonds. The van der Waals surface area contributed by atoms with Crippen LogP contribution in [0.3, 0.4) is 0 Å². The molecule has 2 unspecified atom stereocenters. The van der Waals surface area contributed by atoms with Crippen LogP contribution >= 0.6 is 0 Å². The fourth-order valence-electron chi connectivity index (χ4n) is 1.44.